The summed E-state index contributed by atoms with van der Waals surface area (Å²) in [6, 6.07) is 5.30. The number of ether oxygens (including phenoxy) is 2. The summed E-state index contributed by atoms with van der Waals surface area (Å²) in [4.78, 5) is 25.1. The predicted octanol–water partition coefficient (Wildman–Crippen LogP) is 1.84. The van der Waals surface area contributed by atoms with Gasteiger partial charge >= 0.3 is 0 Å². The molecular weight excluding hydrogens is 308 g/mol. The van der Waals surface area contributed by atoms with Crippen LogP contribution in [0.4, 0.5) is 0 Å². The van der Waals surface area contributed by atoms with E-state index in [4.69, 9.17) is 9.47 Å². The molecule has 6 nitrogen and oxygen atoms in total. The molecule has 3 aliphatic rings. The van der Waals surface area contributed by atoms with E-state index < -0.39 is 0 Å². The van der Waals surface area contributed by atoms with Gasteiger partial charge in [-0.15, -0.1) is 0 Å². The highest BCUT2D eigenvalue weighted by atomic mass is 16.5. The van der Waals surface area contributed by atoms with Crippen LogP contribution in [-0.2, 0) is 9.59 Å². The highest BCUT2D eigenvalue weighted by Crippen LogP contribution is 2.52. The van der Waals surface area contributed by atoms with Crippen LogP contribution in [0.15, 0.2) is 35.5 Å². The van der Waals surface area contributed by atoms with E-state index in [1.807, 2.05) is 0 Å². The Morgan fingerprint density at radius 1 is 1.04 bits per heavy atom. The lowest BCUT2D eigenvalue weighted by Crippen LogP contribution is -2.28. The maximum atomic E-state index is 12.5. The van der Waals surface area contributed by atoms with Gasteiger partial charge < -0.3 is 9.47 Å². The average Bonchev–Trinajstić information content (AvgIpc) is 3.27. The number of rotatable bonds is 4. The van der Waals surface area contributed by atoms with Crippen molar-refractivity contribution >= 4 is 18.0 Å². The van der Waals surface area contributed by atoms with Crippen LogP contribution in [-0.4, -0.2) is 37.3 Å². The van der Waals surface area contributed by atoms with E-state index in [0.717, 1.165) is 17.0 Å². The molecule has 4 rings (SSSR count). The fraction of sp³-hybridized carbons (Fsp3) is 0.389. The van der Waals surface area contributed by atoms with Crippen LogP contribution in [0.2, 0.25) is 0 Å². The molecular formula is C18H18N2O4. The summed E-state index contributed by atoms with van der Waals surface area (Å²) in [5.41, 5.74) is 0.728. The van der Waals surface area contributed by atoms with Crippen LogP contribution >= 0.6 is 0 Å². The molecule has 2 amide bonds. The molecule has 1 saturated heterocycles. The average molecular weight is 326 g/mol. The van der Waals surface area contributed by atoms with Gasteiger partial charge in [0.25, 0.3) is 11.8 Å². The van der Waals surface area contributed by atoms with Crippen molar-refractivity contribution in [1.29, 1.82) is 0 Å². The standard InChI is InChI=1S/C18H18N2O4/c1-23-13-6-3-10(7-14(13)24-2)9-19-20-17(21)15-11-4-5-12(8-11)16(15)18(20)22/h3-7,9,11-12,15-16H,8H2,1-2H3/b19-9+. The molecule has 4 unspecified atom stereocenters. The number of carbonyl (C=O) groups is 2. The van der Waals surface area contributed by atoms with Crippen LogP contribution in [0.5, 0.6) is 11.5 Å². The highest BCUT2D eigenvalue weighted by molar-refractivity contribution is 6.06. The number of allylic oxidation sites excluding steroid dienone is 2. The van der Waals surface area contributed by atoms with E-state index >= 15 is 0 Å². The third-order valence-corrected chi connectivity index (χ3v) is 5.18. The lowest BCUT2D eigenvalue weighted by molar-refractivity contribution is -0.140. The van der Waals surface area contributed by atoms with Gasteiger partial charge in [-0.2, -0.15) is 10.1 Å². The smallest absolute Gasteiger partial charge is 0.254 e. The summed E-state index contributed by atoms with van der Waals surface area (Å²) >= 11 is 0. The number of hydrogen-bond donors (Lipinski definition) is 0. The van der Waals surface area contributed by atoms with Crippen LogP contribution < -0.4 is 9.47 Å². The van der Waals surface area contributed by atoms with E-state index in [1.54, 1.807) is 32.4 Å². The first kappa shape index (κ1) is 14.9. The molecule has 0 aromatic heterocycles. The Morgan fingerprint density at radius 2 is 1.67 bits per heavy atom. The fourth-order valence-corrected chi connectivity index (χ4v) is 4.06. The number of hydrazone groups is 1. The summed E-state index contributed by atoms with van der Waals surface area (Å²) < 4.78 is 10.4. The number of imide groups is 1. The van der Waals surface area contributed by atoms with Gasteiger partial charge in [-0.05, 0) is 42.0 Å². The number of fused-ring (bicyclic) bond motifs is 5. The molecule has 6 heteroatoms. The lowest BCUT2D eigenvalue weighted by atomic mass is 9.85. The van der Waals surface area contributed by atoms with Crippen molar-refractivity contribution in [2.75, 3.05) is 14.2 Å². The molecule has 0 spiro atoms. The zero-order valence-corrected chi connectivity index (χ0v) is 13.5. The Kier molecular flexibility index (Phi) is 3.40. The molecule has 0 radical (unpaired) electrons. The van der Waals surface area contributed by atoms with Gasteiger partial charge in [-0.25, -0.2) is 0 Å². The predicted molar refractivity (Wildman–Crippen MR) is 86.7 cm³/mol. The second-order valence-corrected chi connectivity index (χ2v) is 6.35. The second kappa shape index (κ2) is 5.47. The van der Waals surface area contributed by atoms with Gasteiger partial charge in [0, 0.05) is 0 Å². The maximum absolute atomic E-state index is 12.5. The first-order chi connectivity index (χ1) is 11.6. The Labute approximate surface area is 139 Å². The zero-order valence-electron chi connectivity index (χ0n) is 13.5. The zero-order chi connectivity index (χ0) is 16.8. The molecule has 4 atom stereocenters. The van der Waals surface area contributed by atoms with Crippen molar-refractivity contribution in [2.24, 2.45) is 28.8 Å². The number of methoxy groups -OCH3 is 2. The van der Waals surface area contributed by atoms with Gasteiger partial charge in [-0.3, -0.25) is 9.59 Å². The minimum Gasteiger partial charge on any atom is -0.493 e. The van der Waals surface area contributed by atoms with Crippen molar-refractivity contribution in [3.05, 3.63) is 35.9 Å². The lowest BCUT2D eigenvalue weighted by Gasteiger charge is -2.13. The third kappa shape index (κ3) is 2.06. The van der Waals surface area contributed by atoms with Crippen LogP contribution in [0.3, 0.4) is 0 Å². The van der Waals surface area contributed by atoms with E-state index in [2.05, 4.69) is 17.3 Å². The van der Waals surface area contributed by atoms with Gasteiger partial charge in [0.15, 0.2) is 11.5 Å². The number of hydrogen-bond acceptors (Lipinski definition) is 5. The number of benzene rings is 1. The monoisotopic (exact) mass is 326 g/mol. The molecule has 1 aromatic carbocycles. The molecule has 2 bridgehead atoms. The molecule has 1 aliphatic heterocycles. The maximum Gasteiger partial charge on any atom is 0.254 e. The Morgan fingerprint density at radius 3 is 2.25 bits per heavy atom. The summed E-state index contributed by atoms with van der Waals surface area (Å²) in [6.45, 7) is 0. The second-order valence-electron chi connectivity index (χ2n) is 6.35. The summed E-state index contributed by atoms with van der Waals surface area (Å²) in [7, 11) is 3.12. The van der Waals surface area contributed by atoms with Gasteiger partial charge in [-0.1, -0.05) is 12.2 Å². The van der Waals surface area contributed by atoms with Crippen molar-refractivity contribution in [3.63, 3.8) is 0 Å². The van der Waals surface area contributed by atoms with Crippen molar-refractivity contribution < 1.29 is 19.1 Å². The van der Waals surface area contributed by atoms with Crippen molar-refractivity contribution in [2.45, 2.75) is 6.42 Å². The Bertz CT molecular complexity index is 740. The van der Waals surface area contributed by atoms with Gasteiger partial charge in [0.05, 0.1) is 32.3 Å². The van der Waals surface area contributed by atoms with Crippen LogP contribution in [0, 0.1) is 23.7 Å². The van der Waals surface area contributed by atoms with E-state index in [1.165, 1.54) is 6.21 Å². The molecule has 0 N–H and O–H groups in total. The Hall–Kier alpha value is -2.63. The van der Waals surface area contributed by atoms with Gasteiger partial charge in [0.2, 0.25) is 0 Å². The Balaban J connectivity index is 1.57. The molecule has 124 valence electrons. The molecule has 2 fully saturated rings. The molecule has 1 aromatic rings. The third-order valence-electron chi connectivity index (χ3n) is 5.18. The fourth-order valence-electron chi connectivity index (χ4n) is 4.06. The van der Waals surface area contributed by atoms with E-state index in [9.17, 15) is 9.59 Å². The van der Waals surface area contributed by atoms with Crippen LogP contribution in [0.1, 0.15) is 12.0 Å². The first-order valence-electron chi connectivity index (χ1n) is 7.96. The minimum atomic E-state index is -0.227. The quantitative estimate of drug-likeness (QED) is 0.481. The summed E-state index contributed by atoms with van der Waals surface area (Å²) in [6.07, 6.45) is 6.56. The van der Waals surface area contributed by atoms with Crippen LogP contribution in [0.25, 0.3) is 0 Å². The SMILES string of the molecule is COc1ccc(/C=N/N2C(=O)C3C4C=CC(C4)C3C2=O)cc1OC. The molecule has 1 heterocycles. The van der Waals surface area contributed by atoms with Crippen molar-refractivity contribution in [1.82, 2.24) is 5.01 Å². The first-order valence-corrected chi connectivity index (χ1v) is 7.96. The summed E-state index contributed by atoms with van der Waals surface area (Å²) in [5.74, 6) is 0.748. The highest BCUT2D eigenvalue weighted by Gasteiger charge is 2.59. The van der Waals surface area contributed by atoms with E-state index in [-0.39, 0.29) is 35.5 Å². The minimum absolute atomic E-state index is 0.182. The summed E-state index contributed by atoms with van der Waals surface area (Å²) in [5, 5.41) is 5.19. The van der Waals surface area contributed by atoms with Crippen molar-refractivity contribution in [3.8, 4) is 11.5 Å². The number of amides is 2. The topological polar surface area (TPSA) is 68.2 Å². The molecule has 24 heavy (non-hydrogen) atoms. The number of nitrogens with zero attached hydrogens (tertiary/aromatic N) is 2. The number of carbonyl (C=O) groups excluding carboxylic acids is 2. The molecule has 1 saturated carbocycles. The van der Waals surface area contributed by atoms with Gasteiger partial charge in [0.1, 0.15) is 0 Å². The molecule has 2 aliphatic carbocycles. The largest absolute Gasteiger partial charge is 0.493 e. The normalized spacial score (nSPS) is 30.5. The van der Waals surface area contributed by atoms with E-state index in [0.29, 0.717) is 11.5 Å².